The third-order valence-corrected chi connectivity index (χ3v) is 3.68. The minimum atomic E-state index is 0. The van der Waals surface area contributed by atoms with E-state index in [0.29, 0.717) is 6.10 Å². The van der Waals surface area contributed by atoms with Crippen LogP contribution in [-0.2, 0) is 11.3 Å². The molecule has 0 aromatic heterocycles. The normalized spacial score (nSPS) is 16.1. The van der Waals surface area contributed by atoms with Crippen LogP contribution in [0.1, 0.15) is 19.4 Å². The van der Waals surface area contributed by atoms with Crippen molar-refractivity contribution in [3.63, 3.8) is 0 Å². The summed E-state index contributed by atoms with van der Waals surface area (Å²) in [5, 5.41) is 0. The third-order valence-electron chi connectivity index (χ3n) is 3.68. The third kappa shape index (κ3) is 7.65. The molecule has 0 bridgehead atoms. The molecule has 0 atom stereocenters. The second kappa shape index (κ2) is 11.1. The number of hydrogen-bond acceptors (Lipinski definition) is 4. The highest BCUT2D eigenvalue weighted by atomic mass is 35.5. The Bertz CT molecular complexity index is 410. The second-order valence-electron chi connectivity index (χ2n) is 5.78. The van der Waals surface area contributed by atoms with E-state index < -0.39 is 0 Å². The molecule has 0 saturated carbocycles. The molecule has 6 heteroatoms. The van der Waals surface area contributed by atoms with E-state index in [1.54, 1.807) is 0 Å². The zero-order valence-electron chi connectivity index (χ0n) is 13.5. The average molecular weight is 350 g/mol. The van der Waals surface area contributed by atoms with Crippen LogP contribution in [0.15, 0.2) is 24.3 Å². The first-order chi connectivity index (χ1) is 9.63. The Hall–Kier alpha value is -0.520. The number of anilines is 1. The summed E-state index contributed by atoms with van der Waals surface area (Å²) in [6.07, 6.45) is 0.333. The Labute approximate surface area is 146 Å². The number of nitrogens with zero attached hydrogens (tertiary/aromatic N) is 2. The predicted molar refractivity (Wildman–Crippen MR) is 98.2 cm³/mol. The van der Waals surface area contributed by atoms with Crippen molar-refractivity contribution < 1.29 is 4.74 Å². The smallest absolute Gasteiger partial charge is 0.0596 e. The maximum absolute atomic E-state index is 5.82. The fourth-order valence-electron chi connectivity index (χ4n) is 2.54. The van der Waals surface area contributed by atoms with Crippen LogP contribution in [0.4, 0.5) is 5.69 Å². The zero-order chi connectivity index (χ0) is 14.4. The van der Waals surface area contributed by atoms with E-state index in [9.17, 15) is 0 Å². The van der Waals surface area contributed by atoms with E-state index in [1.807, 2.05) is 12.1 Å². The van der Waals surface area contributed by atoms with Gasteiger partial charge >= 0.3 is 0 Å². The maximum Gasteiger partial charge on any atom is 0.0596 e. The molecule has 2 rings (SSSR count). The fraction of sp³-hybridized carbons (Fsp3) is 0.625. The van der Waals surface area contributed by atoms with Crippen molar-refractivity contribution in [2.45, 2.75) is 26.5 Å². The van der Waals surface area contributed by atoms with Gasteiger partial charge < -0.3 is 10.5 Å². The van der Waals surface area contributed by atoms with Crippen LogP contribution in [0.2, 0.25) is 0 Å². The number of benzene rings is 1. The van der Waals surface area contributed by atoms with Crippen LogP contribution >= 0.6 is 24.8 Å². The van der Waals surface area contributed by atoms with Gasteiger partial charge in [0, 0.05) is 45.0 Å². The molecular weight excluding hydrogens is 321 g/mol. The van der Waals surface area contributed by atoms with Crippen molar-refractivity contribution in [3.8, 4) is 0 Å². The van der Waals surface area contributed by atoms with Gasteiger partial charge in [0.2, 0.25) is 0 Å². The summed E-state index contributed by atoms with van der Waals surface area (Å²) in [6.45, 7) is 11.6. The van der Waals surface area contributed by atoms with Gasteiger partial charge in [-0.3, -0.25) is 9.80 Å². The largest absolute Gasteiger partial charge is 0.399 e. The lowest BCUT2D eigenvalue weighted by molar-refractivity contribution is 0.0437. The van der Waals surface area contributed by atoms with Crippen LogP contribution in [0.3, 0.4) is 0 Å². The molecule has 1 heterocycles. The molecule has 128 valence electrons. The molecule has 0 radical (unpaired) electrons. The van der Waals surface area contributed by atoms with Crippen molar-refractivity contribution >= 4 is 30.5 Å². The lowest BCUT2D eigenvalue weighted by Gasteiger charge is -2.34. The Morgan fingerprint density at radius 3 is 2.32 bits per heavy atom. The van der Waals surface area contributed by atoms with Gasteiger partial charge in [-0.2, -0.15) is 0 Å². The van der Waals surface area contributed by atoms with Gasteiger partial charge in [-0.05, 0) is 31.5 Å². The van der Waals surface area contributed by atoms with E-state index in [-0.39, 0.29) is 24.8 Å². The second-order valence-corrected chi connectivity index (χ2v) is 5.78. The van der Waals surface area contributed by atoms with Crippen LogP contribution in [0.25, 0.3) is 0 Å². The number of ether oxygens (including phenoxy) is 1. The highest BCUT2D eigenvalue weighted by molar-refractivity contribution is 5.85. The van der Waals surface area contributed by atoms with Gasteiger partial charge in [0.15, 0.2) is 0 Å². The van der Waals surface area contributed by atoms with Gasteiger partial charge in [0.05, 0.1) is 12.7 Å². The summed E-state index contributed by atoms with van der Waals surface area (Å²) in [7, 11) is 0. The molecule has 0 aliphatic carbocycles. The van der Waals surface area contributed by atoms with Gasteiger partial charge in [-0.1, -0.05) is 12.1 Å². The first kappa shape index (κ1) is 21.5. The standard InChI is InChI=1S/C16H27N3O.2ClH/c1-14(2)20-11-10-18-6-8-19(9-7-18)13-15-4-3-5-16(17)12-15;;/h3-5,12,14H,6-11,13,17H2,1-2H3;2*1H. The van der Waals surface area contributed by atoms with Gasteiger partial charge in [-0.15, -0.1) is 24.8 Å². The van der Waals surface area contributed by atoms with E-state index in [4.69, 9.17) is 10.5 Å². The number of rotatable bonds is 6. The quantitative estimate of drug-likeness (QED) is 0.801. The molecule has 1 aromatic carbocycles. The van der Waals surface area contributed by atoms with E-state index in [1.165, 1.54) is 5.56 Å². The number of halogens is 2. The SMILES string of the molecule is CC(C)OCCN1CCN(Cc2cccc(N)c2)CC1.Cl.Cl. The molecule has 1 aliphatic heterocycles. The molecule has 0 amide bonds. The Balaban J connectivity index is 0.00000220. The Morgan fingerprint density at radius 2 is 1.73 bits per heavy atom. The van der Waals surface area contributed by atoms with Gasteiger partial charge in [0.25, 0.3) is 0 Å². The summed E-state index contributed by atoms with van der Waals surface area (Å²) >= 11 is 0. The highest BCUT2D eigenvalue weighted by Crippen LogP contribution is 2.11. The fourth-order valence-corrected chi connectivity index (χ4v) is 2.54. The minimum absolute atomic E-state index is 0. The lowest BCUT2D eigenvalue weighted by Crippen LogP contribution is -2.46. The van der Waals surface area contributed by atoms with Crippen molar-refractivity contribution in [2.24, 2.45) is 0 Å². The molecule has 1 fully saturated rings. The molecular formula is C16H29Cl2N3O. The summed E-state index contributed by atoms with van der Waals surface area (Å²) in [4.78, 5) is 4.98. The maximum atomic E-state index is 5.82. The molecule has 2 N–H and O–H groups in total. The number of nitrogen functional groups attached to an aromatic ring is 1. The summed E-state index contributed by atoms with van der Waals surface area (Å²) in [5.41, 5.74) is 7.99. The number of hydrogen-bond donors (Lipinski definition) is 1. The molecule has 1 aliphatic rings. The highest BCUT2D eigenvalue weighted by Gasteiger charge is 2.16. The summed E-state index contributed by atoms with van der Waals surface area (Å²) in [6, 6.07) is 8.20. The average Bonchev–Trinajstić information content (AvgIpc) is 2.40. The van der Waals surface area contributed by atoms with Crippen molar-refractivity contribution in [2.75, 3.05) is 45.1 Å². The summed E-state index contributed by atoms with van der Waals surface area (Å²) in [5.74, 6) is 0. The topological polar surface area (TPSA) is 41.7 Å². The predicted octanol–water partition coefficient (Wildman–Crippen LogP) is 2.66. The van der Waals surface area contributed by atoms with Crippen molar-refractivity contribution in [1.82, 2.24) is 9.80 Å². The van der Waals surface area contributed by atoms with Crippen LogP contribution in [0.5, 0.6) is 0 Å². The number of piperazine rings is 1. The van der Waals surface area contributed by atoms with Crippen LogP contribution in [-0.4, -0.2) is 55.2 Å². The molecule has 1 saturated heterocycles. The van der Waals surface area contributed by atoms with Gasteiger partial charge in [0.1, 0.15) is 0 Å². The Morgan fingerprint density at radius 1 is 1.09 bits per heavy atom. The first-order valence-electron chi connectivity index (χ1n) is 7.54. The van der Waals surface area contributed by atoms with Crippen molar-refractivity contribution in [1.29, 1.82) is 0 Å². The molecule has 22 heavy (non-hydrogen) atoms. The minimum Gasteiger partial charge on any atom is -0.399 e. The van der Waals surface area contributed by atoms with E-state index >= 15 is 0 Å². The molecule has 4 nitrogen and oxygen atoms in total. The van der Waals surface area contributed by atoms with Crippen LogP contribution < -0.4 is 5.73 Å². The Kier molecular flexibility index (Phi) is 10.8. The molecule has 0 spiro atoms. The van der Waals surface area contributed by atoms with Crippen molar-refractivity contribution in [3.05, 3.63) is 29.8 Å². The summed E-state index contributed by atoms with van der Waals surface area (Å²) < 4.78 is 5.61. The van der Waals surface area contributed by atoms with Crippen LogP contribution in [0, 0.1) is 0 Å². The zero-order valence-corrected chi connectivity index (χ0v) is 15.2. The van der Waals surface area contributed by atoms with E-state index in [0.717, 1.165) is 51.6 Å². The lowest BCUT2D eigenvalue weighted by atomic mass is 10.2. The molecule has 0 unspecified atom stereocenters. The van der Waals surface area contributed by atoms with E-state index in [2.05, 4.69) is 35.8 Å². The molecule has 1 aromatic rings. The first-order valence-corrected chi connectivity index (χ1v) is 7.54. The number of nitrogens with two attached hydrogens (primary N) is 1. The monoisotopic (exact) mass is 349 g/mol. The van der Waals surface area contributed by atoms with Gasteiger partial charge in [-0.25, -0.2) is 0 Å².